The fraction of sp³-hybridized carbons (Fsp3) is 0.643. The van der Waals surface area contributed by atoms with E-state index in [1.54, 1.807) is 6.33 Å². The molecule has 0 spiro atoms. The number of hydrogen-bond acceptors (Lipinski definition) is 6. The molecule has 4 heterocycles. The first kappa shape index (κ1) is 12.8. The molecular formula is C14H20N6O. The van der Waals surface area contributed by atoms with Gasteiger partial charge in [0.15, 0.2) is 11.6 Å². The van der Waals surface area contributed by atoms with E-state index in [0.29, 0.717) is 24.4 Å². The van der Waals surface area contributed by atoms with E-state index >= 15 is 0 Å². The van der Waals surface area contributed by atoms with Crippen LogP contribution in [0.4, 0.5) is 17.3 Å². The van der Waals surface area contributed by atoms with Crippen molar-refractivity contribution in [3.63, 3.8) is 0 Å². The average Bonchev–Trinajstić information content (AvgIpc) is 2.83. The Hall–Kier alpha value is -1.89. The number of likely N-dealkylation sites (N-methyl/N-ethyl adjacent to an activating group) is 1. The maximum atomic E-state index is 11.8. The number of aromatic nitrogens is 2. The SMILES string of the molecule is CCN1CC(=O)Nc2ncnc(N3C[C@H]4CC[C@@H](C3)N4)c21. The molecule has 2 atom stereocenters. The quantitative estimate of drug-likeness (QED) is 0.810. The summed E-state index contributed by atoms with van der Waals surface area (Å²) in [5.41, 5.74) is 0.973. The number of piperazine rings is 1. The van der Waals surface area contributed by atoms with Crippen LogP contribution in [0.3, 0.4) is 0 Å². The molecule has 0 saturated carbocycles. The van der Waals surface area contributed by atoms with E-state index in [0.717, 1.165) is 31.1 Å². The third-order valence-corrected chi connectivity index (χ3v) is 4.61. The molecule has 7 nitrogen and oxygen atoms in total. The lowest BCUT2D eigenvalue weighted by Crippen LogP contribution is -2.52. The molecule has 0 aliphatic carbocycles. The van der Waals surface area contributed by atoms with Crippen LogP contribution in [-0.4, -0.2) is 54.1 Å². The van der Waals surface area contributed by atoms with Crippen LogP contribution >= 0.6 is 0 Å². The zero-order valence-corrected chi connectivity index (χ0v) is 12.2. The van der Waals surface area contributed by atoms with Crippen LogP contribution in [-0.2, 0) is 4.79 Å². The summed E-state index contributed by atoms with van der Waals surface area (Å²) in [5.74, 6) is 1.60. The molecule has 2 bridgehead atoms. The van der Waals surface area contributed by atoms with Crippen molar-refractivity contribution >= 4 is 23.2 Å². The van der Waals surface area contributed by atoms with Crippen LogP contribution in [0.5, 0.6) is 0 Å². The third-order valence-electron chi connectivity index (χ3n) is 4.61. The molecule has 21 heavy (non-hydrogen) atoms. The summed E-state index contributed by atoms with van der Waals surface area (Å²) in [7, 11) is 0. The van der Waals surface area contributed by atoms with Gasteiger partial charge in [0.05, 0.1) is 6.54 Å². The van der Waals surface area contributed by atoms with Gasteiger partial charge in [0.1, 0.15) is 12.0 Å². The van der Waals surface area contributed by atoms with Gasteiger partial charge in [0.2, 0.25) is 5.91 Å². The zero-order valence-electron chi connectivity index (χ0n) is 12.2. The first-order chi connectivity index (χ1) is 10.2. The molecule has 112 valence electrons. The van der Waals surface area contributed by atoms with Crippen LogP contribution in [0.15, 0.2) is 6.33 Å². The Labute approximate surface area is 123 Å². The minimum Gasteiger partial charge on any atom is -0.356 e. The van der Waals surface area contributed by atoms with E-state index in [9.17, 15) is 4.79 Å². The Morgan fingerprint density at radius 1 is 1.29 bits per heavy atom. The summed E-state index contributed by atoms with van der Waals surface area (Å²) in [4.78, 5) is 24.9. The molecule has 1 aromatic heterocycles. The maximum Gasteiger partial charge on any atom is 0.245 e. The van der Waals surface area contributed by atoms with E-state index in [1.165, 1.54) is 12.8 Å². The monoisotopic (exact) mass is 288 g/mol. The highest BCUT2D eigenvalue weighted by Gasteiger charge is 2.35. The van der Waals surface area contributed by atoms with Gasteiger partial charge in [-0.05, 0) is 19.8 Å². The molecule has 0 aromatic carbocycles. The summed E-state index contributed by atoms with van der Waals surface area (Å²) in [6, 6.07) is 1.12. The number of amides is 1. The molecule has 2 N–H and O–H groups in total. The molecule has 1 aromatic rings. The molecule has 0 unspecified atom stereocenters. The third kappa shape index (κ3) is 2.12. The highest BCUT2D eigenvalue weighted by molar-refractivity contribution is 6.02. The second-order valence-electron chi connectivity index (χ2n) is 6.00. The largest absolute Gasteiger partial charge is 0.356 e. The number of fused-ring (bicyclic) bond motifs is 3. The standard InChI is InChI=1S/C14H20N6O/c1-2-19-7-11(21)18-13-12(19)14(16-8-15-13)20-5-9-3-4-10(6-20)17-9/h8-10,17H,2-7H2,1H3,(H,15,16,18,21)/t9-,10+. The van der Waals surface area contributed by atoms with Gasteiger partial charge in [0.25, 0.3) is 0 Å². The van der Waals surface area contributed by atoms with Gasteiger partial charge in [-0.3, -0.25) is 4.79 Å². The van der Waals surface area contributed by atoms with Gasteiger partial charge < -0.3 is 20.4 Å². The number of carbonyl (C=O) groups excluding carboxylic acids is 1. The first-order valence-corrected chi connectivity index (χ1v) is 7.65. The molecular weight excluding hydrogens is 268 g/mol. The minimum absolute atomic E-state index is 0.00520. The number of nitrogens with one attached hydrogen (secondary N) is 2. The van der Waals surface area contributed by atoms with Gasteiger partial charge in [-0.1, -0.05) is 0 Å². The van der Waals surface area contributed by atoms with E-state index in [4.69, 9.17) is 0 Å². The lowest BCUT2D eigenvalue weighted by molar-refractivity contribution is -0.115. The molecule has 2 fully saturated rings. The van der Waals surface area contributed by atoms with E-state index in [1.807, 2.05) is 0 Å². The maximum absolute atomic E-state index is 11.8. The molecule has 4 rings (SSSR count). The lowest BCUT2D eigenvalue weighted by Gasteiger charge is -2.38. The van der Waals surface area contributed by atoms with Crippen molar-refractivity contribution in [2.24, 2.45) is 0 Å². The van der Waals surface area contributed by atoms with Crippen LogP contribution in [0.1, 0.15) is 19.8 Å². The highest BCUT2D eigenvalue weighted by atomic mass is 16.2. The van der Waals surface area contributed by atoms with Crippen molar-refractivity contribution in [1.82, 2.24) is 15.3 Å². The Morgan fingerprint density at radius 2 is 2.05 bits per heavy atom. The highest BCUT2D eigenvalue weighted by Crippen LogP contribution is 2.37. The summed E-state index contributed by atoms with van der Waals surface area (Å²) >= 11 is 0. The van der Waals surface area contributed by atoms with Crippen molar-refractivity contribution in [3.05, 3.63) is 6.33 Å². The zero-order chi connectivity index (χ0) is 14.4. The van der Waals surface area contributed by atoms with Crippen molar-refractivity contribution in [2.45, 2.75) is 31.8 Å². The minimum atomic E-state index is -0.00520. The van der Waals surface area contributed by atoms with Gasteiger partial charge in [-0.25, -0.2) is 9.97 Å². The normalized spacial score (nSPS) is 27.6. The van der Waals surface area contributed by atoms with Crippen LogP contribution < -0.4 is 20.4 Å². The smallest absolute Gasteiger partial charge is 0.245 e. The van der Waals surface area contributed by atoms with Crippen molar-refractivity contribution in [1.29, 1.82) is 0 Å². The second-order valence-corrected chi connectivity index (χ2v) is 6.00. The Morgan fingerprint density at radius 3 is 2.76 bits per heavy atom. The van der Waals surface area contributed by atoms with Gasteiger partial charge in [-0.15, -0.1) is 0 Å². The van der Waals surface area contributed by atoms with E-state index in [2.05, 4.69) is 37.3 Å². The number of nitrogens with zero attached hydrogens (tertiary/aromatic N) is 4. The summed E-state index contributed by atoms with van der Waals surface area (Å²) < 4.78 is 0. The molecule has 3 aliphatic rings. The number of rotatable bonds is 2. The van der Waals surface area contributed by atoms with Crippen molar-refractivity contribution < 1.29 is 4.79 Å². The average molecular weight is 288 g/mol. The fourth-order valence-electron chi connectivity index (χ4n) is 3.65. The Bertz CT molecular complexity index is 565. The molecule has 2 saturated heterocycles. The number of hydrogen-bond donors (Lipinski definition) is 2. The molecule has 7 heteroatoms. The summed E-state index contributed by atoms with van der Waals surface area (Å²) in [5, 5.41) is 6.50. The van der Waals surface area contributed by atoms with Gasteiger partial charge >= 0.3 is 0 Å². The molecule has 1 amide bonds. The molecule has 3 aliphatic heterocycles. The topological polar surface area (TPSA) is 73.4 Å². The number of carbonyl (C=O) groups is 1. The van der Waals surface area contributed by atoms with Crippen LogP contribution in [0.2, 0.25) is 0 Å². The van der Waals surface area contributed by atoms with Crippen molar-refractivity contribution in [3.8, 4) is 0 Å². The predicted octanol–water partition coefficient (Wildman–Crippen LogP) is 0.196. The first-order valence-electron chi connectivity index (χ1n) is 7.65. The Kier molecular flexibility index (Phi) is 2.95. The second kappa shape index (κ2) is 4.84. The van der Waals surface area contributed by atoms with Gasteiger partial charge in [0, 0.05) is 31.7 Å². The molecule has 0 radical (unpaired) electrons. The fourth-order valence-corrected chi connectivity index (χ4v) is 3.65. The predicted molar refractivity (Wildman–Crippen MR) is 80.7 cm³/mol. The summed E-state index contributed by atoms with van der Waals surface area (Å²) in [6.45, 7) is 5.17. The Balaban J connectivity index is 1.73. The van der Waals surface area contributed by atoms with E-state index < -0.39 is 0 Å². The van der Waals surface area contributed by atoms with E-state index in [-0.39, 0.29) is 5.91 Å². The number of anilines is 3. The van der Waals surface area contributed by atoms with Crippen LogP contribution in [0.25, 0.3) is 0 Å². The van der Waals surface area contributed by atoms with Gasteiger partial charge in [-0.2, -0.15) is 0 Å². The summed E-state index contributed by atoms with van der Waals surface area (Å²) in [6.07, 6.45) is 4.03. The lowest BCUT2D eigenvalue weighted by atomic mass is 10.2. The van der Waals surface area contributed by atoms with Crippen LogP contribution in [0, 0.1) is 0 Å². The van der Waals surface area contributed by atoms with Crippen molar-refractivity contribution in [2.75, 3.05) is 41.3 Å².